The Morgan fingerprint density at radius 1 is 1.23 bits per heavy atom. The first-order valence-corrected chi connectivity index (χ1v) is 7.50. The van der Waals surface area contributed by atoms with Gasteiger partial charge in [-0.3, -0.25) is 0 Å². The molecule has 0 saturated carbocycles. The molecule has 1 aromatic carbocycles. The molecule has 0 N–H and O–H groups in total. The van der Waals surface area contributed by atoms with Crippen LogP contribution in [-0.2, 0) is 0 Å². The number of aromatic nitrogens is 2. The normalized spacial score (nSPS) is 15.3. The smallest absolute Gasteiger partial charge is 0.417 e. The van der Waals surface area contributed by atoms with E-state index < -0.39 is 11.7 Å². The molecule has 2 aromatic rings. The van der Waals surface area contributed by atoms with Gasteiger partial charge in [-0.1, -0.05) is 0 Å². The molecule has 132 valence electrons. The van der Waals surface area contributed by atoms with Gasteiger partial charge in [0.25, 0.3) is 0 Å². The molecule has 1 aliphatic heterocycles. The molecule has 0 aliphatic carbocycles. The third kappa shape index (κ3) is 3.24. The van der Waals surface area contributed by atoms with Gasteiger partial charge >= 0.3 is 6.18 Å². The van der Waals surface area contributed by atoms with E-state index in [1.807, 2.05) is 6.07 Å². The molecular formula is C18H13F3N4O. The lowest BCUT2D eigenvalue weighted by atomic mass is 9.98. The van der Waals surface area contributed by atoms with Crippen molar-refractivity contribution in [1.82, 2.24) is 9.97 Å². The topological polar surface area (TPSA) is 62.0 Å². The number of fused-ring (bicyclic) bond motifs is 1. The zero-order valence-electron chi connectivity index (χ0n) is 13.9. The van der Waals surface area contributed by atoms with Crippen molar-refractivity contribution in [1.29, 1.82) is 5.26 Å². The van der Waals surface area contributed by atoms with Crippen molar-refractivity contribution < 1.29 is 17.9 Å². The van der Waals surface area contributed by atoms with E-state index in [2.05, 4.69) is 9.97 Å². The molecule has 0 spiro atoms. The molecule has 3 rings (SSSR count). The first-order chi connectivity index (χ1) is 12.3. The third-order valence-electron chi connectivity index (χ3n) is 3.77. The Labute approximate surface area is 147 Å². The van der Waals surface area contributed by atoms with Gasteiger partial charge in [0.15, 0.2) is 0 Å². The summed E-state index contributed by atoms with van der Waals surface area (Å²) < 4.78 is 46.3. The second-order valence-corrected chi connectivity index (χ2v) is 5.68. The van der Waals surface area contributed by atoms with Gasteiger partial charge in [-0.15, -0.1) is 0 Å². The van der Waals surface area contributed by atoms with Gasteiger partial charge in [0.1, 0.15) is 29.5 Å². The zero-order chi connectivity index (χ0) is 18.9. The molecule has 0 amide bonds. The number of ether oxygens (including phenoxy) is 1. The first-order valence-electron chi connectivity index (χ1n) is 7.50. The Morgan fingerprint density at radius 2 is 2.00 bits per heavy atom. The van der Waals surface area contributed by atoms with E-state index in [-0.39, 0.29) is 28.3 Å². The SMILES string of the molecule is CN(C)c1ccc2c(c1)O/C(=C(/C#N)c1ccncn1)C=C2C(F)(F)F. The van der Waals surface area contributed by atoms with E-state index in [4.69, 9.17) is 4.74 Å². The van der Waals surface area contributed by atoms with Gasteiger partial charge in [0.05, 0.1) is 11.3 Å². The van der Waals surface area contributed by atoms with Gasteiger partial charge in [-0.25, -0.2) is 9.97 Å². The lowest BCUT2D eigenvalue weighted by molar-refractivity contribution is -0.0694. The van der Waals surface area contributed by atoms with Gasteiger partial charge in [-0.2, -0.15) is 18.4 Å². The first kappa shape index (κ1) is 17.5. The van der Waals surface area contributed by atoms with Crippen LogP contribution in [0.15, 0.2) is 48.6 Å². The molecule has 2 heterocycles. The minimum absolute atomic E-state index is 0.0304. The highest BCUT2D eigenvalue weighted by atomic mass is 19.4. The summed E-state index contributed by atoms with van der Waals surface area (Å²) >= 11 is 0. The predicted octanol–water partition coefficient (Wildman–Crippen LogP) is 3.82. The number of hydrogen-bond donors (Lipinski definition) is 0. The van der Waals surface area contributed by atoms with E-state index in [9.17, 15) is 18.4 Å². The summed E-state index contributed by atoms with van der Waals surface area (Å²) in [6, 6.07) is 7.74. The predicted molar refractivity (Wildman–Crippen MR) is 90.0 cm³/mol. The molecule has 26 heavy (non-hydrogen) atoms. The average molecular weight is 358 g/mol. The van der Waals surface area contributed by atoms with E-state index in [1.54, 1.807) is 25.1 Å². The van der Waals surface area contributed by atoms with Crippen molar-refractivity contribution in [3.8, 4) is 11.8 Å². The fourth-order valence-electron chi connectivity index (χ4n) is 2.49. The van der Waals surface area contributed by atoms with Crippen LogP contribution in [0.4, 0.5) is 18.9 Å². The van der Waals surface area contributed by atoms with Crippen molar-refractivity contribution in [3.05, 3.63) is 59.9 Å². The van der Waals surface area contributed by atoms with E-state index in [0.29, 0.717) is 5.69 Å². The highest BCUT2D eigenvalue weighted by Gasteiger charge is 2.39. The van der Waals surface area contributed by atoms with E-state index in [1.165, 1.54) is 30.7 Å². The molecule has 8 heteroatoms. The number of alkyl halides is 3. The number of halogens is 3. The van der Waals surface area contributed by atoms with Gasteiger partial charge in [0, 0.05) is 37.6 Å². The molecule has 0 bridgehead atoms. The Hall–Kier alpha value is -3.34. The maximum Gasteiger partial charge on any atom is 0.417 e. The number of rotatable bonds is 2. The van der Waals surface area contributed by atoms with Crippen LogP contribution in [0.3, 0.4) is 0 Å². The molecular weight excluding hydrogens is 345 g/mol. The highest BCUT2D eigenvalue weighted by Crippen LogP contribution is 2.44. The van der Waals surface area contributed by atoms with Crippen LogP contribution in [0.2, 0.25) is 0 Å². The number of allylic oxidation sites excluding steroid dienone is 3. The standard InChI is InChI=1S/C18H13F3N4O/c1-25(2)11-3-4-12-14(18(19,20)21)8-17(26-16(12)7-11)13(9-22)15-5-6-23-10-24-15/h3-8,10H,1-2H3/b17-13-. The molecule has 0 saturated heterocycles. The number of nitriles is 1. The second-order valence-electron chi connectivity index (χ2n) is 5.68. The minimum Gasteiger partial charge on any atom is -0.455 e. The minimum atomic E-state index is -4.60. The molecule has 0 fully saturated rings. The number of anilines is 1. The van der Waals surface area contributed by atoms with Crippen LogP contribution in [0.5, 0.6) is 5.75 Å². The molecule has 1 aliphatic rings. The van der Waals surface area contributed by atoms with E-state index in [0.717, 1.165) is 6.08 Å². The highest BCUT2D eigenvalue weighted by molar-refractivity contribution is 5.86. The van der Waals surface area contributed by atoms with Crippen molar-refractivity contribution >= 4 is 16.8 Å². The average Bonchev–Trinajstić information content (AvgIpc) is 2.61. The molecule has 0 atom stereocenters. The number of hydrogen-bond acceptors (Lipinski definition) is 5. The summed E-state index contributed by atoms with van der Waals surface area (Å²) in [5.41, 5.74) is -0.197. The van der Waals surface area contributed by atoms with Gasteiger partial charge in [0.2, 0.25) is 0 Å². The van der Waals surface area contributed by atoms with Crippen LogP contribution in [0.25, 0.3) is 11.1 Å². The van der Waals surface area contributed by atoms with Crippen molar-refractivity contribution in [2.24, 2.45) is 0 Å². The van der Waals surface area contributed by atoms with Crippen LogP contribution in [0.1, 0.15) is 11.3 Å². The maximum atomic E-state index is 13.6. The van der Waals surface area contributed by atoms with Crippen LogP contribution >= 0.6 is 0 Å². The Bertz CT molecular complexity index is 941. The largest absolute Gasteiger partial charge is 0.455 e. The molecule has 0 radical (unpaired) electrons. The lowest BCUT2D eigenvalue weighted by Gasteiger charge is -2.24. The lowest BCUT2D eigenvalue weighted by Crippen LogP contribution is -2.17. The Balaban J connectivity index is 2.23. The zero-order valence-corrected chi connectivity index (χ0v) is 13.9. The summed E-state index contributed by atoms with van der Waals surface area (Å²) in [7, 11) is 3.53. The van der Waals surface area contributed by atoms with Crippen molar-refractivity contribution in [2.75, 3.05) is 19.0 Å². The maximum absolute atomic E-state index is 13.6. The number of nitrogens with zero attached hydrogens (tertiary/aromatic N) is 4. The number of benzene rings is 1. The fraction of sp³-hybridized carbons (Fsp3) is 0.167. The van der Waals surface area contributed by atoms with Crippen molar-refractivity contribution in [3.63, 3.8) is 0 Å². The summed E-state index contributed by atoms with van der Waals surface area (Å²) in [6.45, 7) is 0. The monoisotopic (exact) mass is 358 g/mol. The second kappa shape index (κ2) is 6.52. The van der Waals surface area contributed by atoms with Crippen LogP contribution in [-0.4, -0.2) is 30.2 Å². The van der Waals surface area contributed by atoms with E-state index >= 15 is 0 Å². The summed E-state index contributed by atoms with van der Waals surface area (Å²) in [4.78, 5) is 9.41. The van der Waals surface area contributed by atoms with Crippen LogP contribution < -0.4 is 9.64 Å². The summed E-state index contributed by atoms with van der Waals surface area (Å²) in [5, 5.41) is 9.44. The fourth-order valence-corrected chi connectivity index (χ4v) is 2.49. The molecule has 0 unspecified atom stereocenters. The third-order valence-corrected chi connectivity index (χ3v) is 3.77. The Morgan fingerprint density at radius 3 is 2.58 bits per heavy atom. The van der Waals surface area contributed by atoms with Gasteiger partial charge in [-0.05, 0) is 24.3 Å². The Kier molecular flexibility index (Phi) is 4.38. The summed E-state index contributed by atoms with van der Waals surface area (Å²) in [6.07, 6.45) is -1.16. The molecule has 1 aromatic heterocycles. The summed E-state index contributed by atoms with van der Waals surface area (Å²) in [5.74, 6) is -0.176. The quantitative estimate of drug-likeness (QED) is 0.764. The van der Waals surface area contributed by atoms with Crippen molar-refractivity contribution in [2.45, 2.75) is 6.18 Å². The molecule has 5 nitrogen and oxygen atoms in total. The van der Waals surface area contributed by atoms with Gasteiger partial charge < -0.3 is 9.64 Å². The van der Waals surface area contributed by atoms with Crippen LogP contribution in [0, 0.1) is 11.3 Å².